The average molecular weight is 427 g/mol. The molecule has 1 aliphatic heterocycles. The molecule has 0 aromatic heterocycles. The Morgan fingerprint density at radius 1 is 1.03 bits per heavy atom. The molecule has 3 atom stereocenters. The van der Waals surface area contributed by atoms with Crippen LogP contribution in [0.4, 0.5) is 0 Å². The van der Waals surface area contributed by atoms with Crippen LogP contribution in [0, 0.1) is 0 Å². The highest BCUT2D eigenvalue weighted by atomic mass is 35.5. The van der Waals surface area contributed by atoms with Crippen LogP contribution in [-0.4, -0.2) is 35.9 Å². The molecule has 2 amide bonds. The Labute approximate surface area is 182 Å². The molecule has 158 valence electrons. The van der Waals surface area contributed by atoms with Crippen LogP contribution in [0.2, 0.25) is 5.02 Å². The lowest BCUT2D eigenvalue weighted by Gasteiger charge is -2.28. The Bertz CT molecular complexity index is 944. The van der Waals surface area contributed by atoms with Crippen molar-refractivity contribution in [2.45, 2.75) is 44.9 Å². The first kappa shape index (κ1) is 21.9. The molecule has 2 aromatic carbocycles. The Morgan fingerprint density at radius 3 is 2.53 bits per heavy atom. The van der Waals surface area contributed by atoms with Gasteiger partial charge in [-0.2, -0.15) is 0 Å². The second-order valence-corrected chi connectivity index (χ2v) is 8.01. The summed E-state index contributed by atoms with van der Waals surface area (Å²) in [4.78, 5) is 27.5. The summed E-state index contributed by atoms with van der Waals surface area (Å²) < 4.78 is 6.03. The summed E-state index contributed by atoms with van der Waals surface area (Å²) in [7, 11) is 1.63. The van der Waals surface area contributed by atoms with Crippen LogP contribution in [0.25, 0.3) is 0 Å². The van der Waals surface area contributed by atoms with Crippen molar-refractivity contribution in [3.05, 3.63) is 76.8 Å². The van der Waals surface area contributed by atoms with E-state index in [0.29, 0.717) is 29.2 Å². The summed E-state index contributed by atoms with van der Waals surface area (Å²) in [6.45, 7) is 3.69. The van der Waals surface area contributed by atoms with Crippen molar-refractivity contribution in [2.75, 3.05) is 7.05 Å². The molecule has 1 heterocycles. The number of benzene rings is 2. The quantitative estimate of drug-likeness (QED) is 0.668. The molecular weight excluding hydrogens is 400 g/mol. The standard InChI is InChI=1S/C24H27ClN2O3/c1-16-9-4-6-13-21(18-10-8-11-19(25)15-18)26-23(28)17(2)27(3)24(29)20-12-5-7-14-22(20)30-16/h4-8,10-12,14-17,21H,9,13H2,1-3H3,(H,26,28)/b6-4+/t16-,17+,21-/m0/s1. The number of rotatable bonds is 1. The van der Waals surface area contributed by atoms with Gasteiger partial charge in [0.05, 0.1) is 17.7 Å². The minimum Gasteiger partial charge on any atom is -0.490 e. The van der Waals surface area contributed by atoms with Gasteiger partial charge in [-0.15, -0.1) is 0 Å². The molecular formula is C24H27ClN2O3. The molecule has 6 heteroatoms. The third-order valence-corrected chi connectivity index (χ3v) is 5.54. The zero-order valence-corrected chi connectivity index (χ0v) is 18.2. The Kier molecular flexibility index (Phi) is 7.16. The van der Waals surface area contributed by atoms with Crippen molar-refractivity contribution >= 4 is 23.4 Å². The number of hydrogen-bond acceptors (Lipinski definition) is 3. The number of para-hydroxylation sites is 1. The topological polar surface area (TPSA) is 58.6 Å². The third-order valence-electron chi connectivity index (χ3n) is 5.30. The molecule has 30 heavy (non-hydrogen) atoms. The summed E-state index contributed by atoms with van der Waals surface area (Å²) >= 11 is 6.16. The van der Waals surface area contributed by atoms with Crippen molar-refractivity contribution in [3.8, 4) is 5.75 Å². The lowest BCUT2D eigenvalue weighted by atomic mass is 10.0. The lowest BCUT2D eigenvalue weighted by molar-refractivity contribution is -0.125. The number of fused-ring (bicyclic) bond motifs is 1. The minimum absolute atomic E-state index is 0.0971. The monoisotopic (exact) mass is 426 g/mol. The second kappa shape index (κ2) is 9.81. The number of likely N-dealkylation sites (N-methyl/N-ethyl adjacent to an activating group) is 1. The Morgan fingerprint density at radius 2 is 1.77 bits per heavy atom. The maximum Gasteiger partial charge on any atom is 0.258 e. The molecule has 2 aromatic rings. The van der Waals surface area contributed by atoms with E-state index in [2.05, 4.69) is 5.32 Å². The van der Waals surface area contributed by atoms with E-state index in [9.17, 15) is 9.59 Å². The molecule has 5 nitrogen and oxygen atoms in total. The van der Waals surface area contributed by atoms with E-state index < -0.39 is 6.04 Å². The van der Waals surface area contributed by atoms with Crippen LogP contribution in [0.1, 0.15) is 48.7 Å². The van der Waals surface area contributed by atoms with Crippen LogP contribution >= 0.6 is 11.6 Å². The van der Waals surface area contributed by atoms with E-state index in [0.717, 1.165) is 5.56 Å². The third kappa shape index (κ3) is 5.22. The maximum atomic E-state index is 13.1. The van der Waals surface area contributed by atoms with Gasteiger partial charge >= 0.3 is 0 Å². The van der Waals surface area contributed by atoms with Crippen LogP contribution in [-0.2, 0) is 4.79 Å². The van der Waals surface area contributed by atoms with Crippen molar-refractivity contribution in [3.63, 3.8) is 0 Å². The number of halogens is 1. The van der Waals surface area contributed by atoms with Crippen LogP contribution < -0.4 is 10.1 Å². The smallest absolute Gasteiger partial charge is 0.258 e. The molecule has 0 spiro atoms. The van der Waals surface area contributed by atoms with E-state index in [-0.39, 0.29) is 24.0 Å². The van der Waals surface area contributed by atoms with Gasteiger partial charge in [0.15, 0.2) is 0 Å². The normalized spacial score (nSPS) is 24.3. The molecule has 0 saturated heterocycles. The fraction of sp³-hybridized carbons (Fsp3) is 0.333. The largest absolute Gasteiger partial charge is 0.490 e. The van der Waals surface area contributed by atoms with E-state index in [1.54, 1.807) is 38.2 Å². The van der Waals surface area contributed by atoms with E-state index >= 15 is 0 Å². The number of amides is 2. The predicted molar refractivity (Wildman–Crippen MR) is 119 cm³/mol. The van der Waals surface area contributed by atoms with Crippen LogP contribution in [0.5, 0.6) is 5.75 Å². The van der Waals surface area contributed by atoms with Gasteiger partial charge < -0.3 is 15.0 Å². The van der Waals surface area contributed by atoms with Gasteiger partial charge in [0.1, 0.15) is 11.8 Å². The zero-order valence-electron chi connectivity index (χ0n) is 17.5. The molecule has 0 saturated carbocycles. The summed E-state index contributed by atoms with van der Waals surface area (Å²) in [6.07, 6.45) is 5.29. The number of nitrogens with zero attached hydrogens (tertiary/aromatic N) is 1. The maximum absolute atomic E-state index is 13.1. The van der Waals surface area contributed by atoms with E-state index in [1.165, 1.54) is 4.90 Å². The zero-order chi connectivity index (χ0) is 21.7. The first-order valence-corrected chi connectivity index (χ1v) is 10.5. The number of hydrogen-bond donors (Lipinski definition) is 1. The van der Waals surface area contributed by atoms with Crippen molar-refractivity contribution in [1.82, 2.24) is 10.2 Å². The Balaban J connectivity index is 1.93. The first-order valence-electron chi connectivity index (χ1n) is 10.1. The highest BCUT2D eigenvalue weighted by Gasteiger charge is 2.27. The summed E-state index contributed by atoms with van der Waals surface area (Å²) in [5.74, 6) is 0.0390. The summed E-state index contributed by atoms with van der Waals surface area (Å²) in [6, 6.07) is 13.7. The molecule has 1 aliphatic rings. The molecule has 0 bridgehead atoms. The minimum atomic E-state index is -0.656. The Hall–Kier alpha value is -2.79. The van der Waals surface area contributed by atoms with Gasteiger partial charge in [-0.05, 0) is 50.1 Å². The number of ether oxygens (including phenoxy) is 1. The molecule has 1 N–H and O–H groups in total. The van der Waals surface area contributed by atoms with Crippen molar-refractivity contribution in [2.24, 2.45) is 0 Å². The lowest BCUT2D eigenvalue weighted by Crippen LogP contribution is -2.47. The van der Waals surface area contributed by atoms with Gasteiger partial charge in [-0.3, -0.25) is 9.59 Å². The van der Waals surface area contributed by atoms with Crippen molar-refractivity contribution < 1.29 is 14.3 Å². The molecule has 0 fully saturated rings. The van der Waals surface area contributed by atoms with Crippen molar-refractivity contribution in [1.29, 1.82) is 0 Å². The number of nitrogens with one attached hydrogen (secondary N) is 1. The molecule has 3 rings (SSSR count). The first-order chi connectivity index (χ1) is 14.4. The summed E-state index contributed by atoms with van der Waals surface area (Å²) in [5, 5.41) is 3.69. The van der Waals surface area contributed by atoms with Crippen LogP contribution in [0.15, 0.2) is 60.7 Å². The molecule has 0 aliphatic carbocycles. The van der Waals surface area contributed by atoms with Gasteiger partial charge in [0.2, 0.25) is 5.91 Å². The van der Waals surface area contributed by atoms with Gasteiger partial charge in [-0.25, -0.2) is 0 Å². The average Bonchev–Trinajstić information content (AvgIpc) is 2.74. The number of carbonyl (C=O) groups excluding carboxylic acids is 2. The van der Waals surface area contributed by atoms with Gasteiger partial charge in [0.25, 0.3) is 5.91 Å². The van der Waals surface area contributed by atoms with E-state index in [1.807, 2.05) is 43.3 Å². The molecule has 0 radical (unpaired) electrons. The van der Waals surface area contributed by atoms with Gasteiger partial charge in [0, 0.05) is 18.5 Å². The highest BCUT2D eigenvalue weighted by molar-refractivity contribution is 6.30. The summed E-state index contributed by atoms with van der Waals surface area (Å²) in [5.41, 5.74) is 1.36. The fourth-order valence-corrected chi connectivity index (χ4v) is 3.57. The van der Waals surface area contributed by atoms with Crippen LogP contribution in [0.3, 0.4) is 0 Å². The second-order valence-electron chi connectivity index (χ2n) is 7.58. The molecule has 0 unspecified atom stereocenters. The van der Waals surface area contributed by atoms with E-state index in [4.69, 9.17) is 16.3 Å². The van der Waals surface area contributed by atoms with Gasteiger partial charge in [-0.1, -0.05) is 48.0 Å². The predicted octanol–water partition coefficient (Wildman–Crippen LogP) is 4.78. The fourth-order valence-electron chi connectivity index (χ4n) is 3.37. The number of carbonyl (C=O) groups is 2. The SMILES string of the molecule is C[C@@H]1C(=O)N[C@H](c2cccc(Cl)c2)C/C=C/C[C@H](C)Oc2ccccc2C(=O)N1C. The highest BCUT2D eigenvalue weighted by Crippen LogP contribution is 2.25.